The van der Waals surface area contributed by atoms with Crippen LogP contribution in [0.2, 0.25) is 5.02 Å². The van der Waals surface area contributed by atoms with E-state index in [9.17, 15) is 4.79 Å². The van der Waals surface area contributed by atoms with Gasteiger partial charge in [0.1, 0.15) is 5.75 Å². The van der Waals surface area contributed by atoms with Crippen molar-refractivity contribution in [2.24, 2.45) is 0 Å². The Bertz CT molecular complexity index is 688. The summed E-state index contributed by atoms with van der Waals surface area (Å²) in [7, 11) is 1.61. The molecule has 1 aliphatic rings. The maximum Gasteiger partial charge on any atom is 0.322 e. The van der Waals surface area contributed by atoms with Crippen LogP contribution < -0.4 is 10.1 Å². The fraction of sp³-hybridized carbons (Fsp3) is 0.278. The zero-order chi connectivity index (χ0) is 16.2. The molecule has 0 spiro atoms. The third-order valence-corrected chi connectivity index (χ3v) is 4.34. The first-order chi connectivity index (χ1) is 11.2. The zero-order valence-corrected chi connectivity index (χ0v) is 13.7. The topological polar surface area (TPSA) is 41.6 Å². The summed E-state index contributed by atoms with van der Waals surface area (Å²) in [6, 6.07) is 15.1. The summed E-state index contributed by atoms with van der Waals surface area (Å²) < 4.78 is 5.19. The predicted octanol–water partition coefficient (Wildman–Crippen LogP) is 4.72. The summed E-state index contributed by atoms with van der Waals surface area (Å²) in [5.74, 6) is 0.721. The lowest BCUT2D eigenvalue weighted by molar-refractivity contribution is 0.207. The Morgan fingerprint density at radius 3 is 2.78 bits per heavy atom. The van der Waals surface area contributed by atoms with Gasteiger partial charge < -0.3 is 15.0 Å². The van der Waals surface area contributed by atoms with E-state index in [1.54, 1.807) is 7.11 Å². The number of amides is 2. The second-order valence-electron chi connectivity index (χ2n) is 5.57. The van der Waals surface area contributed by atoms with Crippen LogP contribution in [-0.4, -0.2) is 24.6 Å². The lowest BCUT2D eigenvalue weighted by atomic mass is 10.1. The van der Waals surface area contributed by atoms with Gasteiger partial charge in [0.15, 0.2) is 0 Å². The molecule has 4 nitrogen and oxygen atoms in total. The number of benzene rings is 2. The van der Waals surface area contributed by atoms with Crippen LogP contribution >= 0.6 is 11.6 Å². The first-order valence-corrected chi connectivity index (χ1v) is 8.02. The first-order valence-electron chi connectivity index (χ1n) is 7.64. The van der Waals surface area contributed by atoms with Crippen molar-refractivity contribution in [3.05, 3.63) is 59.1 Å². The van der Waals surface area contributed by atoms with Gasteiger partial charge in [0, 0.05) is 23.3 Å². The Labute approximate surface area is 141 Å². The van der Waals surface area contributed by atoms with Crippen molar-refractivity contribution in [2.75, 3.05) is 19.0 Å². The van der Waals surface area contributed by atoms with Gasteiger partial charge in [0.05, 0.1) is 13.2 Å². The number of rotatable bonds is 3. The molecule has 120 valence electrons. The van der Waals surface area contributed by atoms with Gasteiger partial charge in [-0.05, 0) is 42.7 Å². The van der Waals surface area contributed by atoms with E-state index in [1.807, 2.05) is 53.4 Å². The molecule has 1 N–H and O–H groups in total. The van der Waals surface area contributed by atoms with Crippen LogP contribution in [0.1, 0.15) is 24.4 Å². The number of ether oxygens (including phenoxy) is 1. The molecule has 2 aromatic rings. The summed E-state index contributed by atoms with van der Waals surface area (Å²) in [6.45, 7) is 0.753. The van der Waals surface area contributed by atoms with E-state index in [-0.39, 0.29) is 12.1 Å². The summed E-state index contributed by atoms with van der Waals surface area (Å²) >= 11 is 5.95. The lowest BCUT2D eigenvalue weighted by Gasteiger charge is -2.25. The smallest absolute Gasteiger partial charge is 0.322 e. The van der Waals surface area contributed by atoms with Crippen molar-refractivity contribution in [3.8, 4) is 5.75 Å². The SMILES string of the molecule is COc1cccc(NC(=O)N2CCC[C@@H]2c2ccc(Cl)cc2)c1. The zero-order valence-electron chi connectivity index (χ0n) is 13.0. The summed E-state index contributed by atoms with van der Waals surface area (Å²) in [5.41, 5.74) is 1.85. The maximum atomic E-state index is 12.6. The summed E-state index contributed by atoms with van der Waals surface area (Å²) in [6.07, 6.45) is 1.96. The second kappa shape index (κ2) is 6.92. The highest BCUT2D eigenvalue weighted by Gasteiger charge is 2.29. The van der Waals surface area contributed by atoms with Crippen LogP contribution in [0.3, 0.4) is 0 Å². The van der Waals surface area contributed by atoms with E-state index in [0.29, 0.717) is 5.02 Å². The highest BCUT2D eigenvalue weighted by atomic mass is 35.5. The van der Waals surface area contributed by atoms with E-state index in [0.717, 1.165) is 36.4 Å². The molecule has 0 bridgehead atoms. The Hall–Kier alpha value is -2.20. The molecular formula is C18H19ClN2O2. The molecule has 23 heavy (non-hydrogen) atoms. The number of carbonyl (C=O) groups is 1. The third-order valence-electron chi connectivity index (χ3n) is 4.09. The Morgan fingerprint density at radius 1 is 1.26 bits per heavy atom. The van der Waals surface area contributed by atoms with Crippen LogP contribution in [0, 0.1) is 0 Å². The number of hydrogen-bond acceptors (Lipinski definition) is 2. The van der Waals surface area contributed by atoms with Crippen LogP contribution in [0.15, 0.2) is 48.5 Å². The molecule has 1 atom stereocenters. The predicted molar refractivity (Wildman–Crippen MR) is 92.1 cm³/mol. The molecule has 0 unspecified atom stereocenters. The molecule has 0 radical (unpaired) electrons. The Kier molecular flexibility index (Phi) is 4.72. The van der Waals surface area contributed by atoms with Crippen LogP contribution in [-0.2, 0) is 0 Å². The fourth-order valence-corrected chi connectivity index (χ4v) is 3.06. The quantitative estimate of drug-likeness (QED) is 0.884. The second-order valence-corrected chi connectivity index (χ2v) is 6.00. The number of likely N-dealkylation sites (tertiary alicyclic amines) is 1. The normalized spacial score (nSPS) is 17.1. The minimum Gasteiger partial charge on any atom is -0.497 e. The van der Waals surface area contributed by atoms with Gasteiger partial charge >= 0.3 is 6.03 Å². The van der Waals surface area contributed by atoms with Crippen LogP contribution in [0.25, 0.3) is 0 Å². The van der Waals surface area contributed by atoms with Crippen molar-refractivity contribution in [3.63, 3.8) is 0 Å². The van der Waals surface area contributed by atoms with Crippen molar-refractivity contribution in [2.45, 2.75) is 18.9 Å². The monoisotopic (exact) mass is 330 g/mol. The fourth-order valence-electron chi connectivity index (χ4n) is 2.94. The van der Waals surface area contributed by atoms with Gasteiger partial charge in [-0.2, -0.15) is 0 Å². The summed E-state index contributed by atoms with van der Waals surface area (Å²) in [4.78, 5) is 14.5. The molecular weight excluding hydrogens is 312 g/mol. The first kappa shape index (κ1) is 15.7. The molecule has 2 aromatic carbocycles. The van der Waals surface area contributed by atoms with Gasteiger partial charge in [-0.15, -0.1) is 0 Å². The maximum absolute atomic E-state index is 12.6. The molecule has 1 fully saturated rings. The van der Waals surface area contributed by atoms with Gasteiger partial charge in [-0.3, -0.25) is 0 Å². The van der Waals surface area contributed by atoms with Gasteiger partial charge in [0.25, 0.3) is 0 Å². The van der Waals surface area contributed by atoms with Gasteiger partial charge in [-0.25, -0.2) is 4.79 Å². The van der Waals surface area contributed by atoms with Crippen molar-refractivity contribution < 1.29 is 9.53 Å². The molecule has 1 aliphatic heterocycles. The number of nitrogens with zero attached hydrogens (tertiary/aromatic N) is 1. The third kappa shape index (κ3) is 3.59. The van der Waals surface area contributed by atoms with Crippen LogP contribution in [0.5, 0.6) is 5.75 Å². The van der Waals surface area contributed by atoms with Crippen LogP contribution in [0.4, 0.5) is 10.5 Å². The molecule has 5 heteroatoms. The summed E-state index contributed by atoms with van der Waals surface area (Å²) in [5, 5.41) is 3.66. The van der Waals surface area contributed by atoms with E-state index < -0.39 is 0 Å². The number of carbonyl (C=O) groups excluding carboxylic acids is 1. The molecule has 3 rings (SSSR count). The van der Waals surface area contributed by atoms with Crippen molar-refractivity contribution in [1.82, 2.24) is 4.90 Å². The standard InChI is InChI=1S/C18H19ClN2O2/c1-23-16-5-2-4-15(12-16)20-18(22)21-11-3-6-17(21)13-7-9-14(19)10-8-13/h2,4-5,7-10,12,17H,3,6,11H2,1H3,(H,20,22)/t17-/m1/s1. The largest absolute Gasteiger partial charge is 0.497 e. The number of nitrogens with one attached hydrogen (secondary N) is 1. The minimum atomic E-state index is -0.0873. The van der Waals surface area contributed by atoms with E-state index in [2.05, 4.69) is 5.32 Å². The van der Waals surface area contributed by atoms with E-state index >= 15 is 0 Å². The number of anilines is 1. The average Bonchev–Trinajstić information content (AvgIpc) is 3.05. The molecule has 0 aliphatic carbocycles. The van der Waals surface area contributed by atoms with Crippen molar-refractivity contribution >= 4 is 23.3 Å². The van der Waals surface area contributed by atoms with Crippen molar-refractivity contribution in [1.29, 1.82) is 0 Å². The van der Waals surface area contributed by atoms with E-state index in [4.69, 9.17) is 16.3 Å². The number of urea groups is 1. The molecule has 1 heterocycles. The molecule has 0 saturated carbocycles. The average molecular weight is 331 g/mol. The Morgan fingerprint density at radius 2 is 2.04 bits per heavy atom. The molecule has 2 amide bonds. The highest BCUT2D eigenvalue weighted by Crippen LogP contribution is 2.33. The lowest BCUT2D eigenvalue weighted by Crippen LogP contribution is -2.34. The number of methoxy groups -OCH3 is 1. The molecule has 1 saturated heterocycles. The number of hydrogen-bond donors (Lipinski definition) is 1. The van der Waals surface area contributed by atoms with Gasteiger partial charge in [0.2, 0.25) is 0 Å². The minimum absolute atomic E-state index is 0.0873. The van der Waals surface area contributed by atoms with E-state index in [1.165, 1.54) is 0 Å². The Balaban J connectivity index is 1.74. The number of halogens is 1. The highest BCUT2D eigenvalue weighted by molar-refractivity contribution is 6.30. The van der Waals surface area contributed by atoms with Gasteiger partial charge in [-0.1, -0.05) is 29.8 Å². The molecule has 0 aromatic heterocycles.